The van der Waals surface area contributed by atoms with Crippen molar-refractivity contribution in [3.05, 3.63) is 47.4 Å². The Kier molecular flexibility index (Phi) is 4.95. The maximum atomic E-state index is 13.3. The lowest BCUT2D eigenvalue weighted by Crippen LogP contribution is -2.36. The highest BCUT2D eigenvalue weighted by Crippen LogP contribution is 2.40. The minimum absolute atomic E-state index is 0.0252. The van der Waals surface area contributed by atoms with Gasteiger partial charge in [-0.05, 0) is 35.6 Å². The number of fused-ring (bicyclic) bond motifs is 2. The van der Waals surface area contributed by atoms with Gasteiger partial charge in [-0.2, -0.15) is 10.2 Å². The van der Waals surface area contributed by atoms with Crippen molar-refractivity contribution in [2.24, 2.45) is 5.92 Å². The fraction of sp³-hybridized carbons (Fsp3) is 0.409. The molecule has 9 heteroatoms. The van der Waals surface area contributed by atoms with Gasteiger partial charge >= 0.3 is 0 Å². The number of halogens is 2. The molecule has 5 rings (SSSR count). The van der Waals surface area contributed by atoms with E-state index in [0.717, 1.165) is 39.5 Å². The van der Waals surface area contributed by atoms with Crippen LogP contribution in [0.1, 0.15) is 30.2 Å². The van der Waals surface area contributed by atoms with Gasteiger partial charge in [0.15, 0.2) is 5.82 Å². The zero-order valence-corrected chi connectivity index (χ0v) is 17.2. The van der Waals surface area contributed by atoms with Crippen LogP contribution < -0.4 is 4.90 Å². The second-order valence-corrected chi connectivity index (χ2v) is 8.33. The van der Waals surface area contributed by atoms with E-state index in [-0.39, 0.29) is 18.2 Å². The fourth-order valence-corrected chi connectivity index (χ4v) is 4.72. The van der Waals surface area contributed by atoms with Crippen molar-refractivity contribution in [3.8, 4) is 11.1 Å². The third kappa shape index (κ3) is 3.68. The van der Waals surface area contributed by atoms with Gasteiger partial charge in [0.1, 0.15) is 0 Å². The molecule has 0 aliphatic carbocycles. The molecule has 0 fully saturated rings. The van der Waals surface area contributed by atoms with Crippen LogP contribution in [0, 0.1) is 5.92 Å². The standard InChI is InChI=1S/C22H24F2N6O/c1-13(31)29-5-4-19-18(12-29)22(28-27-19)30-11-14(7-21(23)24)6-16-8-15(2-3-20(16)30)17-9-25-26-10-17/h2-3,8-10,14,21H,4-7,11-12H2,1H3,(H,25,26)(H,27,28). The number of carbonyl (C=O) groups is 1. The first-order chi connectivity index (χ1) is 15.0. The Labute approximate surface area is 178 Å². The molecule has 1 aromatic carbocycles. The number of aromatic nitrogens is 4. The molecular formula is C22H24F2N6O. The van der Waals surface area contributed by atoms with Crippen LogP contribution in [0.25, 0.3) is 11.1 Å². The molecule has 2 N–H and O–H groups in total. The van der Waals surface area contributed by atoms with E-state index in [0.29, 0.717) is 32.5 Å². The number of H-pyrrole nitrogens is 2. The number of carbonyl (C=O) groups excluding carboxylic acids is 1. The molecule has 7 nitrogen and oxygen atoms in total. The highest BCUT2D eigenvalue weighted by molar-refractivity contribution is 5.76. The first-order valence-corrected chi connectivity index (χ1v) is 10.5. The maximum absolute atomic E-state index is 13.3. The molecule has 0 bridgehead atoms. The Bertz CT molecular complexity index is 1090. The lowest BCUT2D eigenvalue weighted by Gasteiger charge is -2.36. The fourth-order valence-electron chi connectivity index (χ4n) is 4.72. The highest BCUT2D eigenvalue weighted by atomic mass is 19.3. The van der Waals surface area contributed by atoms with Gasteiger partial charge in [0.25, 0.3) is 0 Å². The Morgan fingerprint density at radius 1 is 1.32 bits per heavy atom. The Morgan fingerprint density at radius 3 is 2.94 bits per heavy atom. The molecule has 1 atom stereocenters. The Hall–Kier alpha value is -3.23. The summed E-state index contributed by atoms with van der Waals surface area (Å²) in [6.45, 7) is 3.17. The smallest absolute Gasteiger partial charge is 0.239 e. The van der Waals surface area contributed by atoms with Crippen LogP contribution in [-0.2, 0) is 24.2 Å². The molecule has 1 amide bonds. The van der Waals surface area contributed by atoms with Crippen LogP contribution in [0.3, 0.4) is 0 Å². The van der Waals surface area contributed by atoms with Gasteiger partial charge in [0.05, 0.1) is 12.7 Å². The molecule has 162 valence electrons. The number of hydrogen-bond donors (Lipinski definition) is 2. The predicted molar refractivity (Wildman–Crippen MR) is 112 cm³/mol. The van der Waals surface area contributed by atoms with Gasteiger partial charge in [-0.15, -0.1) is 0 Å². The molecule has 0 saturated carbocycles. The summed E-state index contributed by atoms with van der Waals surface area (Å²) in [6.07, 6.45) is 2.36. The van der Waals surface area contributed by atoms with Crippen molar-refractivity contribution in [2.45, 2.75) is 39.2 Å². The number of alkyl halides is 2. The van der Waals surface area contributed by atoms with Crippen LogP contribution in [0.4, 0.5) is 20.3 Å². The zero-order valence-electron chi connectivity index (χ0n) is 17.2. The lowest BCUT2D eigenvalue weighted by molar-refractivity contribution is -0.129. The minimum Gasteiger partial charge on any atom is -0.338 e. The number of rotatable bonds is 4. The number of nitrogens with zero attached hydrogens (tertiary/aromatic N) is 4. The summed E-state index contributed by atoms with van der Waals surface area (Å²) in [4.78, 5) is 15.8. The predicted octanol–water partition coefficient (Wildman–Crippen LogP) is 3.67. The monoisotopic (exact) mass is 426 g/mol. The third-order valence-electron chi connectivity index (χ3n) is 6.28. The second-order valence-electron chi connectivity index (χ2n) is 8.33. The first kappa shape index (κ1) is 19.7. The Balaban J connectivity index is 1.55. The van der Waals surface area contributed by atoms with E-state index in [4.69, 9.17) is 0 Å². The van der Waals surface area contributed by atoms with Crippen LogP contribution in [0.2, 0.25) is 0 Å². The average molecular weight is 426 g/mol. The van der Waals surface area contributed by atoms with Gasteiger partial charge < -0.3 is 9.80 Å². The molecule has 2 aromatic heterocycles. The average Bonchev–Trinajstić information content (AvgIpc) is 3.42. The molecule has 2 aliphatic rings. The quantitative estimate of drug-likeness (QED) is 0.667. The van der Waals surface area contributed by atoms with Crippen LogP contribution >= 0.6 is 0 Å². The van der Waals surface area contributed by atoms with Crippen LogP contribution in [-0.4, -0.2) is 50.7 Å². The largest absolute Gasteiger partial charge is 0.338 e. The number of amides is 1. The summed E-state index contributed by atoms with van der Waals surface area (Å²) in [7, 11) is 0. The van der Waals surface area contributed by atoms with E-state index in [1.807, 2.05) is 23.2 Å². The molecular weight excluding hydrogens is 402 g/mol. The number of aromatic amines is 2. The van der Waals surface area contributed by atoms with Gasteiger partial charge in [-0.1, -0.05) is 6.07 Å². The summed E-state index contributed by atoms with van der Waals surface area (Å²) in [5, 5.41) is 14.5. The SMILES string of the molecule is CC(=O)N1CCc2[nH]nc(N3CC(CC(F)F)Cc4cc(-c5cn[nH]c5)ccc43)c2C1. The number of hydrogen-bond acceptors (Lipinski definition) is 4. The van der Waals surface area contributed by atoms with Gasteiger partial charge in [-0.3, -0.25) is 15.0 Å². The highest BCUT2D eigenvalue weighted by Gasteiger charge is 2.33. The van der Waals surface area contributed by atoms with E-state index >= 15 is 0 Å². The van der Waals surface area contributed by atoms with E-state index in [9.17, 15) is 13.6 Å². The van der Waals surface area contributed by atoms with Gasteiger partial charge in [0.2, 0.25) is 12.3 Å². The molecule has 1 unspecified atom stereocenters. The first-order valence-electron chi connectivity index (χ1n) is 10.5. The topological polar surface area (TPSA) is 80.9 Å². The van der Waals surface area contributed by atoms with E-state index in [2.05, 4.69) is 26.5 Å². The van der Waals surface area contributed by atoms with Crippen molar-refractivity contribution < 1.29 is 13.6 Å². The third-order valence-corrected chi connectivity index (χ3v) is 6.28. The second kappa shape index (κ2) is 7.79. The summed E-state index contributed by atoms with van der Waals surface area (Å²) < 4.78 is 26.6. The molecule has 0 spiro atoms. The van der Waals surface area contributed by atoms with Crippen LogP contribution in [0.5, 0.6) is 0 Å². The number of nitrogens with one attached hydrogen (secondary N) is 2. The van der Waals surface area contributed by atoms with E-state index in [1.54, 1.807) is 18.0 Å². The summed E-state index contributed by atoms with van der Waals surface area (Å²) >= 11 is 0. The summed E-state index contributed by atoms with van der Waals surface area (Å²) in [5.41, 5.74) is 5.94. The Morgan fingerprint density at radius 2 is 2.19 bits per heavy atom. The molecule has 3 aromatic rings. The van der Waals surface area contributed by atoms with Gasteiger partial charge in [0, 0.05) is 61.6 Å². The molecule has 2 aliphatic heterocycles. The maximum Gasteiger partial charge on any atom is 0.239 e. The normalized spacial score (nSPS) is 18.3. The number of anilines is 2. The van der Waals surface area contributed by atoms with Crippen molar-refractivity contribution >= 4 is 17.4 Å². The van der Waals surface area contributed by atoms with Crippen molar-refractivity contribution in [1.82, 2.24) is 25.3 Å². The van der Waals surface area contributed by atoms with E-state index in [1.165, 1.54) is 0 Å². The van der Waals surface area contributed by atoms with E-state index < -0.39 is 6.43 Å². The summed E-state index contributed by atoms with van der Waals surface area (Å²) in [6, 6.07) is 6.11. The van der Waals surface area contributed by atoms with Crippen molar-refractivity contribution in [1.29, 1.82) is 0 Å². The van der Waals surface area contributed by atoms with Crippen molar-refractivity contribution in [3.63, 3.8) is 0 Å². The molecule has 0 saturated heterocycles. The zero-order chi connectivity index (χ0) is 21.5. The molecule has 0 radical (unpaired) electrons. The molecule has 4 heterocycles. The molecule has 31 heavy (non-hydrogen) atoms. The lowest BCUT2D eigenvalue weighted by atomic mass is 9.88. The number of benzene rings is 1. The summed E-state index contributed by atoms with van der Waals surface area (Å²) in [5.74, 6) is 0.571. The van der Waals surface area contributed by atoms with Crippen molar-refractivity contribution in [2.75, 3.05) is 18.0 Å². The minimum atomic E-state index is -2.35. The van der Waals surface area contributed by atoms with Crippen LogP contribution in [0.15, 0.2) is 30.6 Å². The van der Waals surface area contributed by atoms with Gasteiger partial charge in [-0.25, -0.2) is 8.78 Å².